The van der Waals surface area contributed by atoms with Crippen LogP contribution in [0.1, 0.15) is 32.3 Å². The van der Waals surface area contributed by atoms with E-state index in [0.717, 1.165) is 10.0 Å². The SMILES string of the molecule is COc1cc(C2(C(=O)O)CC2)c(Br)cc1OC(C)C. The Morgan fingerprint density at radius 3 is 2.42 bits per heavy atom. The molecule has 19 heavy (non-hydrogen) atoms. The summed E-state index contributed by atoms with van der Waals surface area (Å²) in [6.07, 6.45) is 1.35. The lowest BCUT2D eigenvalue weighted by Gasteiger charge is -2.18. The Morgan fingerprint density at radius 1 is 1.37 bits per heavy atom. The molecule has 0 spiro atoms. The van der Waals surface area contributed by atoms with E-state index in [2.05, 4.69) is 15.9 Å². The quantitative estimate of drug-likeness (QED) is 0.900. The Bertz CT molecular complexity index is 506. The van der Waals surface area contributed by atoms with Crippen molar-refractivity contribution in [3.63, 3.8) is 0 Å². The van der Waals surface area contributed by atoms with E-state index in [4.69, 9.17) is 9.47 Å². The predicted octanol–water partition coefficient (Wildman–Crippen LogP) is 3.36. The van der Waals surface area contributed by atoms with Gasteiger partial charge in [-0.1, -0.05) is 15.9 Å². The van der Waals surface area contributed by atoms with Crippen molar-refractivity contribution < 1.29 is 19.4 Å². The largest absolute Gasteiger partial charge is 0.493 e. The highest BCUT2D eigenvalue weighted by molar-refractivity contribution is 9.10. The van der Waals surface area contributed by atoms with Crippen LogP contribution in [0.5, 0.6) is 11.5 Å². The second-order valence-corrected chi connectivity index (χ2v) is 5.89. The number of halogens is 1. The standard InChI is InChI=1S/C14H17BrO4/c1-8(2)19-12-7-10(15)9(6-11(12)18-3)14(4-5-14)13(16)17/h6-8H,4-5H2,1-3H3,(H,16,17). The summed E-state index contributed by atoms with van der Waals surface area (Å²) in [7, 11) is 1.56. The van der Waals surface area contributed by atoms with Crippen LogP contribution in [0, 0.1) is 0 Å². The number of methoxy groups -OCH3 is 1. The minimum absolute atomic E-state index is 0.0287. The Labute approximate surface area is 120 Å². The highest BCUT2D eigenvalue weighted by atomic mass is 79.9. The number of ether oxygens (including phenoxy) is 2. The van der Waals surface area contributed by atoms with Gasteiger partial charge in [0.05, 0.1) is 18.6 Å². The maximum Gasteiger partial charge on any atom is 0.314 e. The van der Waals surface area contributed by atoms with Gasteiger partial charge in [0.2, 0.25) is 0 Å². The molecule has 0 aliphatic heterocycles. The van der Waals surface area contributed by atoms with Crippen LogP contribution < -0.4 is 9.47 Å². The lowest BCUT2D eigenvalue weighted by molar-refractivity contribution is -0.140. The Balaban J connectivity index is 2.45. The summed E-state index contributed by atoms with van der Waals surface area (Å²) in [6.45, 7) is 3.86. The van der Waals surface area contributed by atoms with Gasteiger partial charge in [-0.25, -0.2) is 0 Å². The number of carboxylic acids is 1. The van der Waals surface area contributed by atoms with Crippen molar-refractivity contribution in [1.29, 1.82) is 0 Å². The summed E-state index contributed by atoms with van der Waals surface area (Å²) < 4.78 is 11.7. The predicted molar refractivity (Wildman–Crippen MR) is 75.0 cm³/mol. The molecule has 1 fully saturated rings. The normalized spacial score (nSPS) is 16.3. The van der Waals surface area contributed by atoms with E-state index < -0.39 is 11.4 Å². The summed E-state index contributed by atoms with van der Waals surface area (Å²) in [5.74, 6) is 0.404. The Kier molecular flexibility index (Phi) is 3.76. The van der Waals surface area contributed by atoms with Gasteiger partial charge in [0, 0.05) is 4.47 Å². The van der Waals surface area contributed by atoms with Crippen LogP contribution in [-0.4, -0.2) is 24.3 Å². The van der Waals surface area contributed by atoms with Crippen molar-refractivity contribution in [3.05, 3.63) is 22.2 Å². The first-order chi connectivity index (χ1) is 8.90. The second-order valence-electron chi connectivity index (χ2n) is 5.04. The first-order valence-corrected chi connectivity index (χ1v) is 6.98. The third-order valence-electron chi connectivity index (χ3n) is 3.29. The zero-order valence-corrected chi connectivity index (χ0v) is 12.8. The van der Waals surface area contributed by atoms with Crippen LogP contribution in [0.25, 0.3) is 0 Å². The molecule has 1 aliphatic carbocycles. The van der Waals surface area contributed by atoms with Gasteiger partial charge >= 0.3 is 5.97 Å². The van der Waals surface area contributed by atoms with Crippen LogP contribution in [0.4, 0.5) is 0 Å². The van der Waals surface area contributed by atoms with Gasteiger partial charge in [0.1, 0.15) is 0 Å². The number of hydrogen-bond acceptors (Lipinski definition) is 3. The number of rotatable bonds is 5. The molecule has 1 aromatic rings. The average Bonchev–Trinajstić information content (AvgIpc) is 3.09. The lowest BCUT2D eigenvalue weighted by atomic mass is 9.96. The molecule has 0 bridgehead atoms. The summed E-state index contributed by atoms with van der Waals surface area (Å²) in [6, 6.07) is 3.56. The molecule has 0 saturated heterocycles. The molecular formula is C14H17BrO4. The van der Waals surface area contributed by atoms with E-state index >= 15 is 0 Å². The first kappa shape index (κ1) is 14.2. The van der Waals surface area contributed by atoms with E-state index in [1.165, 1.54) is 0 Å². The summed E-state index contributed by atoms with van der Waals surface area (Å²) in [5.41, 5.74) is -0.00407. The van der Waals surface area contributed by atoms with Gasteiger partial charge < -0.3 is 14.6 Å². The van der Waals surface area contributed by atoms with Gasteiger partial charge in [0.15, 0.2) is 11.5 Å². The number of aliphatic carboxylic acids is 1. The molecule has 0 aromatic heterocycles. The van der Waals surface area contributed by atoms with Crippen LogP contribution in [0.15, 0.2) is 16.6 Å². The monoisotopic (exact) mass is 328 g/mol. The fourth-order valence-electron chi connectivity index (χ4n) is 2.13. The minimum atomic E-state index is -0.784. The topological polar surface area (TPSA) is 55.8 Å². The van der Waals surface area contributed by atoms with Gasteiger partial charge in [-0.3, -0.25) is 4.79 Å². The van der Waals surface area contributed by atoms with Crippen molar-refractivity contribution in [2.45, 2.75) is 38.2 Å². The van der Waals surface area contributed by atoms with Crippen molar-refractivity contribution in [2.24, 2.45) is 0 Å². The summed E-state index contributed by atoms with van der Waals surface area (Å²) in [5, 5.41) is 9.37. The fraction of sp³-hybridized carbons (Fsp3) is 0.500. The molecule has 1 aliphatic rings. The average molecular weight is 329 g/mol. The lowest BCUT2D eigenvalue weighted by Crippen LogP contribution is -2.20. The molecule has 104 valence electrons. The zero-order chi connectivity index (χ0) is 14.2. The van der Waals surface area contributed by atoms with E-state index in [0.29, 0.717) is 24.3 Å². The van der Waals surface area contributed by atoms with Crippen LogP contribution in [0.3, 0.4) is 0 Å². The molecule has 1 N–H and O–H groups in total. The van der Waals surface area contributed by atoms with Crippen molar-refractivity contribution in [1.82, 2.24) is 0 Å². The first-order valence-electron chi connectivity index (χ1n) is 6.19. The molecule has 2 rings (SSSR count). The van der Waals surface area contributed by atoms with E-state index in [-0.39, 0.29) is 6.10 Å². The summed E-state index contributed by atoms with van der Waals surface area (Å²) >= 11 is 3.45. The van der Waals surface area contributed by atoms with Gasteiger partial charge in [-0.2, -0.15) is 0 Å². The van der Waals surface area contributed by atoms with Crippen LogP contribution >= 0.6 is 15.9 Å². The molecule has 0 heterocycles. The maximum atomic E-state index is 11.4. The fourth-order valence-corrected chi connectivity index (χ4v) is 2.83. The van der Waals surface area contributed by atoms with E-state index in [9.17, 15) is 9.90 Å². The molecular weight excluding hydrogens is 312 g/mol. The van der Waals surface area contributed by atoms with E-state index in [1.54, 1.807) is 19.2 Å². The van der Waals surface area contributed by atoms with Crippen molar-refractivity contribution in [2.75, 3.05) is 7.11 Å². The smallest absolute Gasteiger partial charge is 0.314 e. The van der Waals surface area contributed by atoms with Crippen LogP contribution in [-0.2, 0) is 10.2 Å². The number of hydrogen-bond donors (Lipinski definition) is 1. The number of carbonyl (C=O) groups is 1. The minimum Gasteiger partial charge on any atom is -0.493 e. The van der Waals surface area contributed by atoms with Crippen LogP contribution in [0.2, 0.25) is 0 Å². The highest BCUT2D eigenvalue weighted by Crippen LogP contribution is 2.52. The second kappa shape index (κ2) is 5.04. The molecule has 5 heteroatoms. The van der Waals surface area contributed by atoms with Gasteiger partial charge in [-0.05, 0) is 44.4 Å². The zero-order valence-electron chi connectivity index (χ0n) is 11.2. The molecule has 0 amide bonds. The molecule has 0 radical (unpaired) electrons. The molecule has 1 aromatic carbocycles. The Hall–Kier alpha value is -1.23. The third kappa shape index (κ3) is 2.56. The number of benzene rings is 1. The third-order valence-corrected chi connectivity index (χ3v) is 3.95. The molecule has 0 atom stereocenters. The Morgan fingerprint density at radius 2 is 2.00 bits per heavy atom. The maximum absolute atomic E-state index is 11.4. The molecule has 4 nitrogen and oxygen atoms in total. The van der Waals surface area contributed by atoms with E-state index in [1.807, 2.05) is 13.8 Å². The molecule has 0 unspecified atom stereocenters. The van der Waals surface area contributed by atoms with Gasteiger partial charge in [-0.15, -0.1) is 0 Å². The van der Waals surface area contributed by atoms with Crippen molar-refractivity contribution >= 4 is 21.9 Å². The number of carboxylic acid groups (broad SMARTS) is 1. The highest BCUT2D eigenvalue weighted by Gasteiger charge is 2.53. The van der Waals surface area contributed by atoms with Gasteiger partial charge in [0.25, 0.3) is 0 Å². The molecule has 1 saturated carbocycles. The summed E-state index contributed by atoms with van der Waals surface area (Å²) in [4.78, 5) is 11.4. The van der Waals surface area contributed by atoms with Crippen molar-refractivity contribution in [3.8, 4) is 11.5 Å².